The smallest absolute Gasteiger partial charge is 0.306 e. The van der Waals surface area contributed by atoms with Crippen LogP contribution in [0, 0.1) is 5.92 Å². The van der Waals surface area contributed by atoms with Crippen LogP contribution in [0.4, 0.5) is 0 Å². The van der Waals surface area contributed by atoms with Gasteiger partial charge in [0.2, 0.25) is 0 Å². The van der Waals surface area contributed by atoms with Gasteiger partial charge in [0, 0.05) is 18.5 Å². The fourth-order valence-corrected chi connectivity index (χ4v) is 2.08. The first-order valence-corrected chi connectivity index (χ1v) is 7.82. The number of rotatable bonds is 9. The van der Waals surface area contributed by atoms with Crippen molar-refractivity contribution in [1.82, 2.24) is 0 Å². The lowest BCUT2D eigenvalue weighted by Gasteiger charge is -2.22. The molecule has 0 saturated heterocycles. The summed E-state index contributed by atoms with van der Waals surface area (Å²) in [5, 5.41) is 11.1. The molecule has 0 N–H and O–H groups in total. The van der Waals surface area contributed by atoms with E-state index in [0.717, 1.165) is 5.56 Å². The highest BCUT2D eigenvalue weighted by molar-refractivity contribution is 5.77. The number of hydrogen-bond acceptors (Lipinski definition) is 5. The number of esters is 1. The van der Waals surface area contributed by atoms with Gasteiger partial charge < -0.3 is 19.4 Å². The topological polar surface area (TPSA) is 75.7 Å². The zero-order valence-electron chi connectivity index (χ0n) is 14.0. The number of carboxylic acid groups (broad SMARTS) is 1. The Hall–Kier alpha value is -1.88. The number of ether oxygens (including phenoxy) is 2. The fraction of sp³-hybridized carbons (Fsp3) is 0.556. The molecule has 5 nitrogen and oxygen atoms in total. The SMILES string of the molecule is CC(C)(C)OC(=O)CC(CCCOCc1ccccc1)C(=O)[O-]. The number of carbonyl (C=O) groups excluding carboxylic acids is 2. The van der Waals surface area contributed by atoms with Crippen LogP contribution in [0.1, 0.15) is 45.6 Å². The van der Waals surface area contributed by atoms with E-state index >= 15 is 0 Å². The van der Waals surface area contributed by atoms with Gasteiger partial charge in [-0.15, -0.1) is 0 Å². The van der Waals surface area contributed by atoms with E-state index in [9.17, 15) is 14.7 Å². The number of carboxylic acids is 1. The van der Waals surface area contributed by atoms with E-state index in [4.69, 9.17) is 9.47 Å². The van der Waals surface area contributed by atoms with Crippen molar-refractivity contribution in [2.24, 2.45) is 5.92 Å². The molecule has 0 spiro atoms. The van der Waals surface area contributed by atoms with Gasteiger partial charge >= 0.3 is 5.97 Å². The molecule has 0 aliphatic carbocycles. The Morgan fingerprint density at radius 2 is 1.83 bits per heavy atom. The Kier molecular flexibility index (Phi) is 7.75. The Morgan fingerprint density at radius 3 is 2.39 bits per heavy atom. The molecule has 0 saturated carbocycles. The van der Waals surface area contributed by atoms with Gasteiger partial charge in [-0.3, -0.25) is 4.79 Å². The number of carbonyl (C=O) groups is 2. The molecule has 23 heavy (non-hydrogen) atoms. The third-order valence-corrected chi connectivity index (χ3v) is 3.12. The highest BCUT2D eigenvalue weighted by atomic mass is 16.6. The number of aliphatic carboxylic acids is 1. The summed E-state index contributed by atoms with van der Waals surface area (Å²) >= 11 is 0. The molecular formula is C18H25O5-. The maximum absolute atomic E-state index is 11.7. The van der Waals surface area contributed by atoms with Gasteiger partial charge in [0.15, 0.2) is 0 Å². The van der Waals surface area contributed by atoms with Crippen molar-refractivity contribution in [2.45, 2.75) is 52.2 Å². The zero-order chi connectivity index (χ0) is 17.3. The standard InChI is InChI=1S/C18H26O5/c1-18(2,3)23-16(19)12-15(17(20)21)10-7-11-22-13-14-8-5-4-6-9-14/h4-6,8-9,15H,7,10-13H2,1-3H3,(H,20,21)/p-1. The lowest BCUT2D eigenvalue weighted by atomic mass is 10.00. The van der Waals surface area contributed by atoms with Gasteiger partial charge in [-0.05, 0) is 39.2 Å². The van der Waals surface area contributed by atoms with Crippen LogP contribution < -0.4 is 5.11 Å². The van der Waals surface area contributed by atoms with Crippen LogP contribution in [0.3, 0.4) is 0 Å². The summed E-state index contributed by atoms with van der Waals surface area (Å²) in [6, 6.07) is 9.74. The Balaban J connectivity index is 2.28. The molecule has 5 heteroatoms. The molecule has 0 heterocycles. The average molecular weight is 321 g/mol. The van der Waals surface area contributed by atoms with E-state index in [1.807, 2.05) is 30.3 Å². The second-order valence-electron chi connectivity index (χ2n) is 6.49. The molecule has 0 radical (unpaired) electrons. The minimum absolute atomic E-state index is 0.168. The molecule has 0 aliphatic rings. The van der Waals surface area contributed by atoms with Crippen LogP contribution >= 0.6 is 0 Å². The highest BCUT2D eigenvalue weighted by Crippen LogP contribution is 2.16. The van der Waals surface area contributed by atoms with E-state index in [0.29, 0.717) is 26.1 Å². The predicted molar refractivity (Wildman–Crippen MR) is 84.3 cm³/mol. The lowest BCUT2D eigenvalue weighted by Crippen LogP contribution is -2.34. The van der Waals surface area contributed by atoms with E-state index < -0.39 is 23.5 Å². The summed E-state index contributed by atoms with van der Waals surface area (Å²) in [6.07, 6.45) is 0.711. The molecule has 1 atom stereocenters. The molecule has 1 rings (SSSR count). The summed E-state index contributed by atoms with van der Waals surface area (Å²) in [7, 11) is 0. The van der Waals surface area contributed by atoms with E-state index in [1.165, 1.54) is 0 Å². The lowest BCUT2D eigenvalue weighted by molar-refractivity contribution is -0.312. The minimum atomic E-state index is -1.22. The minimum Gasteiger partial charge on any atom is -0.550 e. The first kappa shape index (κ1) is 19.2. The number of hydrogen-bond donors (Lipinski definition) is 0. The molecule has 1 aromatic carbocycles. The molecule has 0 fully saturated rings. The second-order valence-corrected chi connectivity index (χ2v) is 6.49. The normalized spacial score (nSPS) is 12.7. The summed E-state index contributed by atoms with van der Waals surface area (Å²) < 4.78 is 10.6. The summed E-state index contributed by atoms with van der Waals surface area (Å²) in [5.41, 5.74) is 0.449. The molecule has 0 aliphatic heterocycles. The second kappa shape index (κ2) is 9.30. The zero-order valence-corrected chi connectivity index (χ0v) is 14.0. The molecular weight excluding hydrogens is 296 g/mol. The van der Waals surface area contributed by atoms with Crippen LogP contribution in [0.2, 0.25) is 0 Å². The maximum atomic E-state index is 11.7. The third kappa shape index (κ3) is 8.98. The van der Waals surface area contributed by atoms with Crippen molar-refractivity contribution >= 4 is 11.9 Å². The predicted octanol–water partition coefficient (Wildman–Crippen LogP) is 2.08. The molecule has 0 amide bonds. The molecule has 128 valence electrons. The van der Waals surface area contributed by atoms with Crippen LogP contribution in [0.5, 0.6) is 0 Å². The third-order valence-electron chi connectivity index (χ3n) is 3.12. The molecule has 0 aromatic heterocycles. The van der Waals surface area contributed by atoms with E-state index in [1.54, 1.807) is 20.8 Å². The van der Waals surface area contributed by atoms with Gasteiger partial charge in [0.25, 0.3) is 0 Å². The monoisotopic (exact) mass is 321 g/mol. The average Bonchev–Trinajstić information content (AvgIpc) is 2.44. The van der Waals surface area contributed by atoms with Crippen molar-refractivity contribution in [3.8, 4) is 0 Å². The summed E-state index contributed by atoms with van der Waals surface area (Å²) in [4.78, 5) is 22.8. The Bertz CT molecular complexity index is 490. The van der Waals surface area contributed by atoms with Crippen molar-refractivity contribution in [3.05, 3.63) is 35.9 Å². The Labute approximate surface area is 137 Å². The molecule has 1 unspecified atom stereocenters. The van der Waals surface area contributed by atoms with E-state index in [2.05, 4.69) is 0 Å². The van der Waals surface area contributed by atoms with Crippen molar-refractivity contribution in [3.63, 3.8) is 0 Å². The van der Waals surface area contributed by atoms with Gasteiger partial charge in [-0.1, -0.05) is 30.3 Å². The van der Waals surface area contributed by atoms with Crippen molar-refractivity contribution in [2.75, 3.05) is 6.61 Å². The van der Waals surface area contributed by atoms with Gasteiger partial charge in [0.05, 0.1) is 13.0 Å². The van der Waals surface area contributed by atoms with Crippen LogP contribution in [0.25, 0.3) is 0 Å². The summed E-state index contributed by atoms with van der Waals surface area (Å²) in [6.45, 7) is 6.17. The van der Waals surface area contributed by atoms with Crippen molar-refractivity contribution in [1.29, 1.82) is 0 Å². The van der Waals surface area contributed by atoms with Gasteiger partial charge in [0.1, 0.15) is 5.60 Å². The quantitative estimate of drug-likeness (QED) is 0.514. The van der Waals surface area contributed by atoms with Crippen LogP contribution in [-0.2, 0) is 25.7 Å². The molecule has 0 bridgehead atoms. The van der Waals surface area contributed by atoms with E-state index in [-0.39, 0.29) is 6.42 Å². The highest BCUT2D eigenvalue weighted by Gasteiger charge is 2.21. The van der Waals surface area contributed by atoms with Gasteiger partial charge in [-0.25, -0.2) is 0 Å². The van der Waals surface area contributed by atoms with Crippen molar-refractivity contribution < 1.29 is 24.2 Å². The number of benzene rings is 1. The Morgan fingerprint density at radius 1 is 1.17 bits per heavy atom. The van der Waals surface area contributed by atoms with Crippen LogP contribution in [-0.4, -0.2) is 24.1 Å². The van der Waals surface area contributed by atoms with Crippen LogP contribution in [0.15, 0.2) is 30.3 Å². The first-order valence-electron chi connectivity index (χ1n) is 7.82. The molecule has 1 aromatic rings. The summed E-state index contributed by atoms with van der Waals surface area (Å²) in [5.74, 6) is -2.58. The first-order chi connectivity index (χ1) is 10.8. The largest absolute Gasteiger partial charge is 0.550 e. The maximum Gasteiger partial charge on any atom is 0.306 e. The fourth-order valence-electron chi connectivity index (χ4n) is 2.08. The van der Waals surface area contributed by atoms with Gasteiger partial charge in [-0.2, -0.15) is 0 Å².